The van der Waals surface area contributed by atoms with Gasteiger partial charge in [0.25, 0.3) is 0 Å². The summed E-state index contributed by atoms with van der Waals surface area (Å²) in [5.41, 5.74) is 0.965. The van der Waals surface area contributed by atoms with E-state index in [1.807, 2.05) is 30.3 Å². The zero-order chi connectivity index (χ0) is 12.7. The number of rotatable bonds is 1. The van der Waals surface area contributed by atoms with E-state index in [1.54, 1.807) is 0 Å². The van der Waals surface area contributed by atoms with Crippen molar-refractivity contribution >= 4 is 39.3 Å². The van der Waals surface area contributed by atoms with E-state index in [9.17, 15) is 8.42 Å². The summed E-state index contributed by atoms with van der Waals surface area (Å²) >= 11 is 0. The summed E-state index contributed by atoms with van der Waals surface area (Å²) in [6.45, 7) is 6.29. The molecule has 94 valence electrons. The molecule has 1 heterocycles. The molecule has 1 saturated heterocycles. The minimum atomic E-state index is -1.33. The van der Waals surface area contributed by atoms with Gasteiger partial charge < -0.3 is 0 Å². The van der Waals surface area contributed by atoms with Crippen LogP contribution in [0.1, 0.15) is 26.3 Å². The molecule has 1 aromatic rings. The second kappa shape index (κ2) is 4.72. The van der Waals surface area contributed by atoms with Gasteiger partial charge in [0, 0.05) is 0 Å². The van der Waals surface area contributed by atoms with E-state index in [-0.39, 0.29) is 5.41 Å². The molecule has 0 amide bonds. The second-order valence-electron chi connectivity index (χ2n) is 4.81. The van der Waals surface area contributed by atoms with Crippen molar-refractivity contribution in [3.05, 3.63) is 35.9 Å². The maximum absolute atomic E-state index is 11.8. The van der Waals surface area contributed by atoms with Crippen LogP contribution in [-0.4, -0.2) is 8.42 Å². The fourth-order valence-corrected chi connectivity index (χ4v) is 14.1. The van der Waals surface area contributed by atoms with Crippen LogP contribution in [0.2, 0.25) is 0 Å². The molecule has 2 unspecified atom stereocenters. The molecule has 0 aliphatic carbocycles. The third-order valence-electron chi connectivity index (χ3n) is 2.62. The van der Waals surface area contributed by atoms with Gasteiger partial charge in [-0.25, -0.2) is 8.42 Å². The molecular weight excluding hydrogens is 292 g/mol. The summed E-state index contributed by atoms with van der Waals surface area (Å²) in [7, 11) is -0.0319. The lowest BCUT2D eigenvalue weighted by Crippen LogP contribution is -2.31. The Balaban J connectivity index is 2.55. The predicted octanol–water partition coefficient (Wildman–Crippen LogP) is 3.61. The van der Waals surface area contributed by atoms with Crippen LogP contribution in [0.4, 0.5) is 0 Å². The molecule has 1 aromatic carbocycles. The molecule has 6 heteroatoms. The minimum absolute atomic E-state index is 0.120. The summed E-state index contributed by atoms with van der Waals surface area (Å²) in [6, 6.07) is 9.93. The summed E-state index contributed by atoms with van der Waals surface area (Å²) in [5.74, 6) is 0. The Morgan fingerprint density at radius 3 is 1.88 bits per heavy atom. The molecule has 0 N–H and O–H groups in total. The Morgan fingerprint density at radius 2 is 1.47 bits per heavy atom. The zero-order valence-electron chi connectivity index (χ0n) is 9.84. The smallest absolute Gasteiger partial charge is 0.183 e. The molecule has 0 saturated carbocycles. The van der Waals surface area contributed by atoms with Crippen molar-refractivity contribution in [1.82, 2.24) is 0 Å². The molecule has 2 rings (SSSR count). The van der Waals surface area contributed by atoms with Gasteiger partial charge in [-0.1, -0.05) is 51.1 Å². The van der Waals surface area contributed by atoms with Gasteiger partial charge in [0.05, 0.1) is 0 Å². The first-order valence-corrected chi connectivity index (χ1v) is 10.6. The van der Waals surface area contributed by atoms with Gasteiger partial charge in [-0.2, -0.15) is 0 Å². The molecule has 2 nitrogen and oxygen atoms in total. The van der Waals surface area contributed by atoms with E-state index in [0.29, 0.717) is 0 Å². The van der Waals surface area contributed by atoms with Crippen LogP contribution >= 0.6 is 21.6 Å². The third kappa shape index (κ3) is 2.37. The molecule has 17 heavy (non-hydrogen) atoms. The molecular formula is C11H14O2S4. The first-order valence-electron chi connectivity index (χ1n) is 5.15. The van der Waals surface area contributed by atoms with Crippen molar-refractivity contribution in [2.45, 2.75) is 24.9 Å². The first kappa shape index (κ1) is 13.6. The van der Waals surface area contributed by atoms with Gasteiger partial charge in [-0.05, 0) is 32.6 Å². The highest BCUT2D eigenvalue weighted by molar-refractivity contribution is 9.20. The van der Waals surface area contributed by atoms with Crippen LogP contribution < -0.4 is 0 Å². The number of hydrogen-bond acceptors (Lipinski definition) is 4. The zero-order valence-corrected chi connectivity index (χ0v) is 13.1. The SMILES string of the molecule is CC(C)(C)C1(c2ccccc2)SS(=O)S(=O)S1. The maximum atomic E-state index is 11.8. The fourth-order valence-electron chi connectivity index (χ4n) is 1.70. The Hall–Kier alpha value is 0.220. The summed E-state index contributed by atoms with van der Waals surface area (Å²) in [6.07, 6.45) is 0. The van der Waals surface area contributed by atoms with Crippen molar-refractivity contribution < 1.29 is 8.42 Å². The molecule has 1 aliphatic heterocycles. The van der Waals surface area contributed by atoms with E-state index in [1.165, 1.54) is 21.6 Å². The van der Waals surface area contributed by atoms with Crippen LogP contribution in [0.15, 0.2) is 30.3 Å². The van der Waals surface area contributed by atoms with E-state index < -0.39 is 21.8 Å². The topological polar surface area (TPSA) is 34.1 Å². The average Bonchev–Trinajstić information content (AvgIpc) is 2.57. The minimum Gasteiger partial charge on any atom is -0.233 e. The van der Waals surface area contributed by atoms with E-state index in [0.717, 1.165) is 5.56 Å². The molecule has 0 bridgehead atoms. The van der Waals surface area contributed by atoms with Gasteiger partial charge in [-0.3, -0.25) is 0 Å². The van der Waals surface area contributed by atoms with Gasteiger partial charge in [-0.15, -0.1) is 0 Å². The average molecular weight is 306 g/mol. The lowest BCUT2D eigenvalue weighted by molar-refractivity contribution is 0.376. The molecule has 1 aliphatic rings. The normalized spacial score (nSPS) is 33.8. The highest BCUT2D eigenvalue weighted by Crippen LogP contribution is 2.65. The standard InChI is InChI=1S/C11H14O2S4/c1-10(2,3)11(9-7-5-4-6-8-9)14-16(12)17(13)15-11/h4-8H,1-3H3. The summed E-state index contributed by atoms with van der Waals surface area (Å²) in [5, 5.41) is 0. The fraction of sp³-hybridized carbons (Fsp3) is 0.455. The third-order valence-corrected chi connectivity index (χ3v) is 13.6. The van der Waals surface area contributed by atoms with Crippen LogP contribution in [0.5, 0.6) is 0 Å². The highest BCUT2D eigenvalue weighted by atomic mass is 33.7. The van der Waals surface area contributed by atoms with Crippen LogP contribution in [0.25, 0.3) is 0 Å². The van der Waals surface area contributed by atoms with Crippen molar-refractivity contribution in [3.63, 3.8) is 0 Å². The van der Waals surface area contributed by atoms with Gasteiger partial charge in [0.2, 0.25) is 0 Å². The molecule has 1 fully saturated rings. The second-order valence-corrected chi connectivity index (χ2v) is 13.3. The van der Waals surface area contributed by atoms with Gasteiger partial charge in [0.1, 0.15) is 4.08 Å². The largest absolute Gasteiger partial charge is 0.233 e. The lowest BCUT2D eigenvalue weighted by Gasteiger charge is -2.38. The van der Waals surface area contributed by atoms with E-state index >= 15 is 0 Å². The van der Waals surface area contributed by atoms with E-state index in [2.05, 4.69) is 20.8 Å². The predicted molar refractivity (Wildman–Crippen MR) is 79.0 cm³/mol. The highest BCUT2D eigenvalue weighted by Gasteiger charge is 2.54. The Morgan fingerprint density at radius 1 is 1.00 bits per heavy atom. The number of benzene rings is 1. The van der Waals surface area contributed by atoms with Crippen LogP contribution in [0, 0.1) is 5.41 Å². The van der Waals surface area contributed by atoms with Crippen LogP contribution in [0.3, 0.4) is 0 Å². The van der Waals surface area contributed by atoms with Crippen molar-refractivity contribution in [3.8, 4) is 0 Å². The monoisotopic (exact) mass is 306 g/mol. The van der Waals surface area contributed by atoms with Gasteiger partial charge >= 0.3 is 0 Å². The van der Waals surface area contributed by atoms with Crippen molar-refractivity contribution in [1.29, 1.82) is 0 Å². The summed E-state index contributed by atoms with van der Waals surface area (Å²) < 4.78 is 23.1. The molecule has 0 spiro atoms. The maximum Gasteiger partial charge on any atom is 0.183 e. The quantitative estimate of drug-likeness (QED) is 0.742. The Kier molecular flexibility index (Phi) is 3.79. The van der Waals surface area contributed by atoms with Crippen LogP contribution in [-0.2, 0) is 21.8 Å². The number of hydrogen-bond donors (Lipinski definition) is 0. The van der Waals surface area contributed by atoms with Crippen molar-refractivity contribution in [2.75, 3.05) is 0 Å². The molecule has 0 radical (unpaired) electrons. The van der Waals surface area contributed by atoms with Crippen molar-refractivity contribution in [2.24, 2.45) is 5.41 Å². The summed E-state index contributed by atoms with van der Waals surface area (Å²) in [4.78, 5) is 0. The molecule has 2 atom stereocenters. The van der Waals surface area contributed by atoms with Gasteiger partial charge in [0.15, 0.2) is 17.7 Å². The Bertz CT molecular complexity index is 448. The first-order chi connectivity index (χ1) is 7.87. The Labute approximate surface area is 113 Å². The molecule has 0 aromatic heterocycles. The lowest BCUT2D eigenvalue weighted by atomic mass is 9.86. The van der Waals surface area contributed by atoms with E-state index in [4.69, 9.17) is 0 Å².